The van der Waals surface area contributed by atoms with Crippen molar-refractivity contribution in [2.45, 2.75) is 24.3 Å². The standard InChI is InChI=1S/C25H24N4O4S2/c1-33-20-8-11-22-23(15-20)34-25(27-22)29(17-18-5-4-12-26-16-18)24(30)19-6-9-21(10-7-19)35(31,32)28-13-2-3-14-28/h4-12,15-16H,2-3,13-14,17H2,1H3. The number of amides is 1. The molecule has 0 unspecified atom stereocenters. The van der Waals surface area contributed by atoms with Gasteiger partial charge in [0, 0.05) is 31.0 Å². The molecule has 0 spiro atoms. The third-order valence-corrected chi connectivity index (χ3v) is 8.88. The van der Waals surface area contributed by atoms with Gasteiger partial charge in [-0.05, 0) is 66.9 Å². The number of anilines is 1. The number of nitrogens with zero attached hydrogens (tertiary/aromatic N) is 4. The number of hydrogen-bond acceptors (Lipinski definition) is 7. The van der Waals surface area contributed by atoms with E-state index < -0.39 is 10.0 Å². The Hall–Kier alpha value is -3.34. The fourth-order valence-corrected chi connectivity index (χ4v) is 6.55. The maximum atomic E-state index is 13.7. The second-order valence-electron chi connectivity index (χ2n) is 8.22. The van der Waals surface area contributed by atoms with Crippen molar-refractivity contribution >= 4 is 42.6 Å². The molecule has 10 heteroatoms. The molecule has 0 radical (unpaired) electrons. The number of carbonyl (C=O) groups excluding carboxylic acids is 1. The lowest BCUT2D eigenvalue weighted by Crippen LogP contribution is -2.30. The highest BCUT2D eigenvalue weighted by atomic mass is 32.2. The minimum atomic E-state index is -3.55. The Bertz CT molecular complexity index is 1450. The molecule has 8 nitrogen and oxygen atoms in total. The van der Waals surface area contributed by atoms with E-state index in [1.807, 2.05) is 30.3 Å². The third kappa shape index (κ3) is 4.77. The van der Waals surface area contributed by atoms with Crippen LogP contribution in [0.5, 0.6) is 5.75 Å². The van der Waals surface area contributed by atoms with Crippen LogP contribution < -0.4 is 9.64 Å². The van der Waals surface area contributed by atoms with Crippen LogP contribution in [-0.2, 0) is 16.6 Å². The zero-order valence-electron chi connectivity index (χ0n) is 19.1. The molecule has 1 aliphatic heterocycles. The fraction of sp³-hybridized carbons (Fsp3) is 0.240. The van der Waals surface area contributed by atoms with Crippen LogP contribution in [-0.4, -0.2) is 48.8 Å². The predicted octanol–water partition coefficient (Wildman–Crippen LogP) is 4.33. The van der Waals surface area contributed by atoms with Gasteiger partial charge in [-0.25, -0.2) is 13.4 Å². The topological polar surface area (TPSA) is 92.7 Å². The van der Waals surface area contributed by atoms with Crippen molar-refractivity contribution < 1.29 is 17.9 Å². The van der Waals surface area contributed by atoms with E-state index in [1.54, 1.807) is 36.5 Å². The number of rotatable bonds is 7. The molecule has 0 aliphatic carbocycles. The molecule has 0 bridgehead atoms. The highest BCUT2D eigenvalue weighted by molar-refractivity contribution is 7.89. The van der Waals surface area contributed by atoms with Crippen LogP contribution in [0.25, 0.3) is 10.2 Å². The number of fused-ring (bicyclic) bond motifs is 1. The zero-order valence-corrected chi connectivity index (χ0v) is 20.8. The number of benzene rings is 2. The molecule has 0 atom stereocenters. The van der Waals surface area contributed by atoms with Crippen LogP contribution in [0.15, 0.2) is 71.9 Å². The molecular formula is C25H24N4O4S2. The molecule has 0 N–H and O–H groups in total. The van der Waals surface area contributed by atoms with Gasteiger partial charge in [0.1, 0.15) is 5.75 Å². The number of thiazole rings is 1. The van der Waals surface area contributed by atoms with Gasteiger partial charge in [0.2, 0.25) is 10.0 Å². The molecule has 2 aromatic carbocycles. The number of ether oxygens (including phenoxy) is 1. The second-order valence-corrected chi connectivity index (χ2v) is 11.2. The normalized spacial score (nSPS) is 14.3. The summed E-state index contributed by atoms with van der Waals surface area (Å²) in [6.45, 7) is 1.34. The Kier molecular flexibility index (Phi) is 6.50. The van der Waals surface area contributed by atoms with Gasteiger partial charge in [-0.15, -0.1) is 0 Å². The monoisotopic (exact) mass is 508 g/mol. The molecule has 180 valence electrons. The molecule has 1 saturated heterocycles. The van der Waals surface area contributed by atoms with Crippen molar-refractivity contribution in [2.75, 3.05) is 25.1 Å². The Morgan fingerprint density at radius 2 is 1.89 bits per heavy atom. The Morgan fingerprint density at radius 3 is 2.57 bits per heavy atom. The van der Waals surface area contributed by atoms with E-state index in [1.165, 1.54) is 27.8 Å². The van der Waals surface area contributed by atoms with Crippen LogP contribution in [0.1, 0.15) is 28.8 Å². The van der Waals surface area contributed by atoms with Crippen LogP contribution in [0.2, 0.25) is 0 Å². The van der Waals surface area contributed by atoms with Crippen LogP contribution in [0.4, 0.5) is 5.13 Å². The van der Waals surface area contributed by atoms with Crippen molar-refractivity contribution in [3.8, 4) is 5.75 Å². The summed E-state index contributed by atoms with van der Waals surface area (Å²) in [5, 5.41) is 0.538. The SMILES string of the molecule is COc1ccc2nc(N(Cc3cccnc3)C(=O)c3ccc(S(=O)(=O)N4CCCC4)cc3)sc2c1. The number of methoxy groups -OCH3 is 1. The Labute approximate surface area is 207 Å². The molecular weight excluding hydrogens is 484 g/mol. The van der Waals surface area contributed by atoms with E-state index in [0.29, 0.717) is 29.5 Å². The van der Waals surface area contributed by atoms with Gasteiger partial charge >= 0.3 is 0 Å². The molecule has 1 amide bonds. The predicted molar refractivity (Wildman–Crippen MR) is 135 cm³/mol. The van der Waals surface area contributed by atoms with Crippen molar-refractivity contribution in [3.63, 3.8) is 0 Å². The number of aromatic nitrogens is 2. The molecule has 1 fully saturated rings. The van der Waals surface area contributed by atoms with Crippen molar-refractivity contribution in [2.24, 2.45) is 0 Å². The number of carbonyl (C=O) groups is 1. The summed E-state index contributed by atoms with van der Waals surface area (Å²) >= 11 is 1.39. The largest absolute Gasteiger partial charge is 0.497 e. The summed E-state index contributed by atoms with van der Waals surface area (Å²) in [5.74, 6) is 0.442. The molecule has 3 heterocycles. The van der Waals surface area contributed by atoms with Crippen molar-refractivity contribution in [1.82, 2.24) is 14.3 Å². The molecule has 35 heavy (non-hydrogen) atoms. The van der Waals surface area contributed by atoms with Crippen LogP contribution in [0.3, 0.4) is 0 Å². The third-order valence-electron chi connectivity index (χ3n) is 5.93. The second kappa shape index (κ2) is 9.73. The molecule has 4 aromatic rings. The van der Waals surface area contributed by atoms with E-state index in [9.17, 15) is 13.2 Å². The lowest BCUT2D eigenvalue weighted by atomic mass is 10.2. The van der Waals surface area contributed by atoms with Crippen molar-refractivity contribution in [3.05, 3.63) is 78.1 Å². The summed E-state index contributed by atoms with van der Waals surface area (Å²) in [6, 6.07) is 15.4. The minimum absolute atomic E-state index is 0.196. The molecule has 1 aliphatic rings. The van der Waals surface area contributed by atoms with Gasteiger partial charge in [-0.3, -0.25) is 14.7 Å². The number of pyridine rings is 1. The first kappa shape index (κ1) is 23.4. The smallest absolute Gasteiger partial charge is 0.260 e. The van der Waals surface area contributed by atoms with E-state index in [4.69, 9.17) is 4.74 Å². The summed E-state index contributed by atoms with van der Waals surface area (Å²) in [5.41, 5.74) is 2.00. The molecule has 0 saturated carbocycles. The van der Waals surface area contributed by atoms with Gasteiger partial charge < -0.3 is 4.74 Å². The van der Waals surface area contributed by atoms with E-state index in [-0.39, 0.29) is 17.3 Å². The molecule has 5 rings (SSSR count). The average molecular weight is 509 g/mol. The first-order valence-corrected chi connectivity index (χ1v) is 13.5. The Balaban J connectivity index is 1.48. The lowest BCUT2D eigenvalue weighted by Gasteiger charge is -2.20. The molecule has 2 aromatic heterocycles. The fourth-order valence-electron chi connectivity index (χ4n) is 4.04. The minimum Gasteiger partial charge on any atom is -0.497 e. The van der Waals surface area contributed by atoms with Crippen LogP contribution in [0, 0.1) is 0 Å². The van der Waals surface area contributed by atoms with Crippen LogP contribution >= 0.6 is 11.3 Å². The van der Waals surface area contributed by atoms with E-state index >= 15 is 0 Å². The maximum absolute atomic E-state index is 13.7. The van der Waals surface area contributed by atoms with Gasteiger partial charge in [0.05, 0.1) is 28.8 Å². The Morgan fingerprint density at radius 1 is 1.11 bits per heavy atom. The number of sulfonamides is 1. The average Bonchev–Trinajstić information content (AvgIpc) is 3.58. The van der Waals surface area contributed by atoms with Crippen molar-refractivity contribution in [1.29, 1.82) is 0 Å². The van der Waals surface area contributed by atoms with E-state index in [2.05, 4.69) is 9.97 Å². The quantitative estimate of drug-likeness (QED) is 0.369. The highest BCUT2D eigenvalue weighted by Gasteiger charge is 2.28. The summed E-state index contributed by atoms with van der Waals surface area (Å²) < 4.78 is 33.4. The highest BCUT2D eigenvalue weighted by Crippen LogP contribution is 2.33. The summed E-state index contributed by atoms with van der Waals surface area (Å²) in [6.07, 6.45) is 5.13. The van der Waals surface area contributed by atoms with Gasteiger partial charge in [-0.2, -0.15) is 4.31 Å². The first-order valence-electron chi connectivity index (χ1n) is 11.2. The number of hydrogen-bond donors (Lipinski definition) is 0. The maximum Gasteiger partial charge on any atom is 0.260 e. The zero-order chi connectivity index (χ0) is 24.4. The lowest BCUT2D eigenvalue weighted by molar-refractivity contribution is 0.0985. The first-order chi connectivity index (χ1) is 17.0. The van der Waals surface area contributed by atoms with Gasteiger partial charge in [0.15, 0.2) is 5.13 Å². The summed E-state index contributed by atoms with van der Waals surface area (Å²) in [4.78, 5) is 24.3. The van der Waals surface area contributed by atoms with Gasteiger partial charge in [0.25, 0.3) is 5.91 Å². The summed E-state index contributed by atoms with van der Waals surface area (Å²) in [7, 11) is -1.94. The van der Waals surface area contributed by atoms with E-state index in [0.717, 1.165) is 28.6 Å². The van der Waals surface area contributed by atoms with Gasteiger partial charge in [-0.1, -0.05) is 17.4 Å².